The van der Waals surface area contributed by atoms with Crippen LogP contribution >= 0.6 is 11.3 Å². The summed E-state index contributed by atoms with van der Waals surface area (Å²) in [5.41, 5.74) is 9.48. The first-order valence-corrected chi connectivity index (χ1v) is 7.33. The number of nitrogens with zero attached hydrogens (tertiary/aromatic N) is 2. The number of aromatic nitrogens is 2. The number of hydrogen-bond acceptors (Lipinski definition) is 3. The summed E-state index contributed by atoms with van der Waals surface area (Å²) in [4.78, 5) is 5.22. The molecular weight excluding hydrogens is 254 g/mol. The van der Waals surface area contributed by atoms with Crippen molar-refractivity contribution in [3.8, 4) is 11.3 Å². The molecule has 0 bridgehead atoms. The van der Waals surface area contributed by atoms with Gasteiger partial charge in [0.25, 0.3) is 0 Å². The summed E-state index contributed by atoms with van der Waals surface area (Å²) < 4.78 is 2.05. The normalized spacial score (nSPS) is 11.5. The van der Waals surface area contributed by atoms with E-state index >= 15 is 0 Å². The van der Waals surface area contributed by atoms with Gasteiger partial charge in [0.2, 0.25) is 0 Å². The minimum Gasteiger partial charge on any atom is -0.382 e. The molecule has 0 atom stereocenters. The van der Waals surface area contributed by atoms with Gasteiger partial charge in [-0.25, -0.2) is 4.98 Å². The molecule has 1 aromatic carbocycles. The van der Waals surface area contributed by atoms with Crippen LogP contribution in [0.2, 0.25) is 0 Å². The lowest BCUT2D eigenvalue weighted by molar-refractivity contribution is 0.647. The van der Waals surface area contributed by atoms with Crippen molar-refractivity contribution in [1.82, 2.24) is 9.38 Å². The van der Waals surface area contributed by atoms with Crippen LogP contribution in [0.1, 0.15) is 19.4 Å². The number of nitrogens with two attached hydrogens (primary N) is 1. The van der Waals surface area contributed by atoms with E-state index in [1.54, 1.807) is 11.3 Å². The van der Waals surface area contributed by atoms with Gasteiger partial charge < -0.3 is 5.73 Å². The third-order valence-corrected chi connectivity index (χ3v) is 3.96. The van der Waals surface area contributed by atoms with Gasteiger partial charge >= 0.3 is 0 Å². The molecule has 2 heterocycles. The van der Waals surface area contributed by atoms with E-state index in [0.717, 1.165) is 17.1 Å². The molecule has 0 unspecified atom stereocenters. The number of hydrogen-bond donors (Lipinski definition) is 1. The second-order valence-electron chi connectivity index (χ2n) is 5.23. The molecule has 4 heteroatoms. The van der Waals surface area contributed by atoms with Gasteiger partial charge in [-0.2, -0.15) is 0 Å². The minimum atomic E-state index is 0.574. The predicted molar refractivity (Wildman–Crippen MR) is 81.5 cm³/mol. The minimum absolute atomic E-state index is 0.574. The first-order valence-electron chi connectivity index (χ1n) is 6.45. The summed E-state index contributed by atoms with van der Waals surface area (Å²) in [5.74, 6) is 1.26. The van der Waals surface area contributed by atoms with Gasteiger partial charge in [0.05, 0.1) is 11.9 Å². The fraction of sp³-hybridized carbons (Fsp3) is 0.267. The molecule has 3 nitrogen and oxygen atoms in total. The van der Waals surface area contributed by atoms with Crippen molar-refractivity contribution in [1.29, 1.82) is 0 Å². The standard InChI is InChI=1S/C15H17N3S/c1-10(2)7-11-3-5-12(6-4-11)13-9-19-15-17-14(16)8-18(13)15/h3-6,8-10H,7,16H2,1-2H3. The largest absolute Gasteiger partial charge is 0.382 e. The number of anilines is 1. The summed E-state index contributed by atoms with van der Waals surface area (Å²) in [6, 6.07) is 8.77. The second kappa shape index (κ2) is 4.70. The number of imidazole rings is 1. The van der Waals surface area contributed by atoms with Crippen LogP contribution in [-0.2, 0) is 6.42 Å². The molecule has 0 saturated carbocycles. The fourth-order valence-electron chi connectivity index (χ4n) is 2.29. The Balaban J connectivity index is 1.97. The molecule has 0 aliphatic rings. The summed E-state index contributed by atoms with van der Waals surface area (Å²) in [6.45, 7) is 4.48. The highest BCUT2D eigenvalue weighted by Crippen LogP contribution is 2.27. The highest BCUT2D eigenvalue weighted by atomic mass is 32.1. The van der Waals surface area contributed by atoms with E-state index in [-0.39, 0.29) is 0 Å². The lowest BCUT2D eigenvalue weighted by Gasteiger charge is -2.06. The third-order valence-electron chi connectivity index (χ3n) is 3.12. The van der Waals surface area contributed by atoms with E-state index in [4.69, 9.17) is 5.73 Å². The summed E-state index contributed by atoms with van der Waals surface area (Å²) in [6.07, 6.45) is 3.00. The van der Waals surface area contributed by atoms with Crippen molar-refractivity contribution in [2.45, 2.75) is 20.3 Å². The number of thiazole rings is 1. The average Bonchev–Trinajstić information content (AvgIpc) is 2.88. The highest BCUT2D eigenvalue weighted by Gasteiger charge is 2.08. The van der Waals surface area contributed by atoms with Gasteiger partial charge in [0, 0.05) is 5.38 Å². The molecule has 98 valence electrons. The van der Waals surface area contributed by atoms with Crippen molar-refractivity contribution in [2.24, 2.45) is 5.92 Å². The molecule has 2 aromatic heterocycles. The molecule has 3 rings (SSSR count). The average molecular weight is 271 g/mol. The maximum atomic E-state index is 5.74. The number of benzene rings is 1. The Morgan fingerprint density at radius 2 is 2.00 bits per heavy atom. The van der Waals surface area contributed by atoms with Gasteiger partial charge in [0.1, 0.15) is 5.82 Å². The molecular formula is C15H17N3S. The third kappa shape index (κ3) is 2.36. The molecule has 0 amide bonds. The van der Waals surface area contributed by atoms with Gasteiger partial charge in [0.15, 0.2) is 4.96 Å². The zero-order valence-corrected chi connectivity index (χ0v) is 11.9. The molecule has 19 heavy (non-hydrogen) atoms. The van der Waals surface area contributed by atoms with Crippen LogP contribution in [0, 0.1) is 5.92 Å². The maximum Gasteiger partial charge on any atom is 0.196 e. The van der Waals surface area contributed by atoms with E-state index in [1.165, 1.54) is 11.1 Å². The SMILES string of the molecule is CC(C)Cc1ccc(-c2csc3nc(N)cn23)cc1. The van der Waals surface area contributed by atoms with Crippen LogP contribution < -0.4 is 5.73 Å². The van der Waals surface area contributed by atoms with E-state index in [1.807, 2.05) is 6.20 Å². The molecule has 0 aliphatic carbocycles. The first-order chi connectivity index (χ1) is 9.13. The van der Waals surface area contributed by atoms with Crippen molar-refractivity contribution in [3.05, 3.63) is 41.4 Å². The molecule has 0 fully saturated rings. The predicted octanol–water partition coefficient (Wildman–Crippen LogP) is 3.84. The molecule has 0 spiro atoms. The zero-order chi connectivity index (χ0) is 13.4. The van der Waals surface area contributed by atoms with Crippen molar-refractivity contribution < 1.29 is 0 Å². The van der Waals surface area contributed by atoms with Crippen LogP contribution in [-0.4, -0.2) is 9.38 Å². The van der Waals surface area contributed by atoms with Crippen LogP contribution in [0.5, 0.6) is 0 Å². The number of rotatable bonds is 3. The maximum absolute atomic E-state index is 5.74. The van der Waals surface area contributed by atoms with Crippen molar-refractivity contribution in [2.75, 3.05) is 5.73 Å². The van der Waals surface area contributed by atoms with Gasteiger partial charge in [-0.3, -0.25) is 4.40 Å². The Kier molecular flexibility index (Phi) is 3.03. The van der Waals surface area contributed by atoms with Crippen LogP contribution in [0.25, 0.3) is 16.2 Å². The molecule has 0 radical (unpaired) electrons. The molecule has 3 aromatic rings. The summed E-state index contributed by atoms with van der Waals surface area (Å²) in [5, 5.41) is 2.12. The number of nitrogen functional groups attached to an aromatic ring is 1. The zero-order valence-electron chi connectivity index (χ0n) is 11.1. The number of fused-ring (bicyclic) bond motifs is 1. The van der Waals surface area contributed by atoms with E-state index in [0.29, 0.717) is 11.7 Å². The lowest BCUT2D eigenvalue weighted by atomic mass is 10.0. The monoisotopic (exact) mass is 271 g/mol. The molecule has 0 aliphatic heterocycles. The van der Waals surface area contributed by atoms with Gasteiger partial charge in [-0.05, 0) is 23.5 Å². The quantitative estimate of drug-likeness (QED) is 0.786. The first kappa shape index (κ1) is 12.2. The topological polar surface area (TPSA) is 43.3 Å². The summed E-state index contributed by atoms with van der Waals surface area (Å²) in [7, 11) is 0. The van der Waals surface area contributed by atoms with Gasteiger partial charge in [-0.15, -0.1) is 11.3 Å². The van der Waals surface area contributed by atoms with E-state index < -0.39 is 0 Å². The Hall–Kier alpha value is -1.81. The fourth-order valence-corrected chi connectivity index (χ4v) is 3.18. The second-order valence-corrected chi connectivity index (χ2v) is 6.07. The molecule has 2 N–H and O–H groups in total. The Morgan fingerprint density at radius 3 is 2.68 bits per heavy atom. The lowest BCUT2D eigenvalue weighted by Crippen LogP contribution is -1.93. The smallest absolute Gasteiger partial charge is 0.196 e. The van der Waals surface area contributed by atoms with Crippen LogP contribution in [0.4, 0.5) is 5.82 Å². The summed E-state index contributed by atoms with van der Waals surface area (Å²) >= 11 is 1.62. The Bertz CT molecular complexity index is 692. The van der Waals surface area contributed by atoms with E-state index in [2.05, 4.69) is 52.9 Å². The van der Waals surface area contributed by atoms with E-state index in [9.17, 15) is 0 Å². The molecule has 0 saturated heterocycles. The van der Waals surface area contributed by atoms with Crippen molar-refractivity contribution >= 4 is 22.1 Å². The van der Waals surface area contributed by atoms with Crippen LogP contribution in [0.3, 0.4) is 0 Å². The van der Waals surface area contributed by atoms with Gasteiger partial charge in [-0.1, -0.05) is 38.1 Å². The van der Waals surface area contributed by atoms with Crippen molar-refractivity contribution in [3.63, 3.8) is 0 Å². The highest BCUT2D eigenvalue weighted by molar-refractivity contribution is 7.15. The Labute approximate surface area is 116 Å². The van der Waals surface area contributed by atoms with Crippen LogP contribution in [0.15, 0.2) is 35.8 Å². The Morgan fingerprint density at radius 1 is 1.26 bits per heavy atom.